The van der Waals surface area contributed by atoms with Crippen molar-refractivity contribution in [1.82, 2.24) is 0 Å². The van der Waals surface area contributed by atoms with Crippen LogP contribution in [0.15, 0.2) is 6.07 Å². The Labute approximate surface area is 141 Å². The Morgan fingerprint density at radius 1 is 0.833 bits per heavy atom. The summed E-state index contributed by atoms with van der Waals surface area (Å²) < 4.78 is 26.2. The van der Waals surface area contributed by atoms with Crippen molar-refractivity contribution in [3.8, 4) is 17.2 Å². The monoisotopic (exact) mass is 340 g/mol. The van der Waals surface area contributed by atoms with Gasteiger partial charge >= 0.3 is 11.9 Å². The largest absolute Gasteiger partial charge is 0.492 e. The van der Waals surface area contributed by atoms with E-state index in [0.717, 1.165) is 12.8 Å². The van der Waals surface area contributed by atoms with E-state index in [2.05, 4.69) is 0 Å². The SMILES string of the molecule is CCC(CC)Oc1c(OC)c(C(=O)OC)cc(C(=O)OC)c1OC. The predicted octanol–water partition coefficient (Wildman–Crippen LogP) is 2.84. The number of ether oxygens (including phenoxy) is 5. The van der Waals surface area contributed by atoms with Crippen LogP contribution in [-0.2, 0) is 9.47 Å². The summed E-state index contributed by atoms with van der Waals surface area (Å²) in [6.45, 7) is 3.94. The summed E-state index contributed by atoms with van der Waals surface area (Å²) in [5.74, 6) is -0.836. The molecule has 0 saturated carbocycles. The molecule has 0 aliphatic rings. The van der Waals surface area contributed by atoms with E-state index in [9.17, 15) is 9.59 Å². The fourth-order valence-electron chi connectivity index (χ4n) is 2.28. The fourth-order valence-corrected chi connectivity index (χ4v) is 2.28. The molecular weight excluding hydrogens is 316 g/mol. The molecule has 0 saturated heterocycles. The number of carbonyl (C=O) groups is 2. The van der Waals surface area contributed by atoms with Gasteiger partial charge in [-0.2, -0.15) is 0 Å². The van der Waals surface area contributed by atoms with E-state index in [1.54, 1.807) is 0 Å². The molecule has 0 aromatic heterocycles. The normalized spacial score (nSPS) is 10.3. The van der Waals surface area contributed by atoms with Gasteiger partial charge in [0.05, 0.1) is 34.5 Å². The number of carbonyl (C=O) groups excluding carboxylic acids is 2. The molecule has 1 aromatic carbocycles. The molecule has 134 valence electrons. The lowest BCUT2D eigenvalue weighted by molar-refractivity contribution is 0.0591. The van der Waals surface area contributed by atoms with Crippen LogP contribution in [0, 0.1) is 0 Å². The average Bonchev–Trinajstić information content (AvgIpc) is 2.63. The molecule has 7 heteroatoms. The molecule has 1 aromatic rings. The van der Waals surface area contributed by atoms with Gasteiger partial charge in [-0.05, 0) is 18.9 Å². The summed E-state index contributed by atoms with van der Waals surface area (Å²) in [6, 6.07) is 1.31. The fraction of sp³-hybridized carbons (Fsp3) is 0.529. The van der Waals surface area contributed by atoms with Gasteiger partial charge in [0.2, 0.25) is 5.75 Å². The van der Waals surface area contributed by atoms with E-state index < -0.39 is 11.9 Å². The Morgan fingerprint density at radius 2 is 1.25 bits per heavy atom. The summed E-state index contributed by atoms with van der Waals surface area (Å²) in [5.41, 5.74) is 0.115. The van der Waals surface area contributed by atoms with Crippen LogP contribution in [0.1, 0.15) is 47.4 Å². The van der Waals surface area contributed by atoms with Gasteiger partial charge < -0.3 is 23.7 Å². The summed E-state index contributed by atoms with van der Waals surface area (Å²) in [7, 11) is 5.29. The van der Waals surface area contributed by atoms with Crippen LogP contribution in [0.3, 0.4) is 0 Å². The first-order chi connectivity index (χ1) is 11.5. The Morgan fingerprint density at radius 3 is 1.54 bits per heavy atom. The van der Waals surface area contributed by atoms with Crippen molar-refractivity contribution in [2.75, 3.05) is 28.4 Å². The molecule has 0 atom stereocenters. The predicted molar refractivity (Wildman–Crippen MR) is 87.2 cm³/mol. The van der Waals surface area contributed by atoms with Crippen LogP contribution in [-0.4, -0.2) is 46.5 Å². The lowest BCUT2D eigenvalue weighted by atomic mass is 10.1. The van der Waals surface area contributed by atoms with Gasteiger partial charge in [0, 0.05) is 0 Å². The highest BCUT2D eigenvalue weighted by atomic mass is 16.6. The third-order valence-electron chi connectivity index (χ3n) is 3.60. The number of methoxy groups -OCH3 is 4. The molecule has 0 aliphatic heterocycles. The van der Waals surface area contributed by atoms with Crippen molar-refractivity contribution in [3.63, 3.8) is 0 Å². The standard InChI is InChI=1S/C17H24O7/c1-7-10(8-2)24-15-13(20-3)11(16(18)22-5)9-12(14(15)21-4)17(19)23-6/h9-10H,7-8H2,1-6H3. The highest BCUT2D eigenvalue weighted by Gasteiger charge is 2.29. The van der Waals surface area contributed by atoms with E-state index in [0.29, 0.717) is 0 Å². The molecule has 0 amide bonds. The molecule has 24 heavy (non-hydrogen) atoms. The minimum absolute atomic E-state index is 0.0576. The molecule has 0 spiro atoms. The maximum atomic E-state index is 12.1. The highest BCUT2D eigenvalue weighted by molar-refractivity contribution is 6.01. The zero-order valence-corrected chi connectivity index (χ0v) is 14.9. The van der Waals surface area contributed by atoms with Crippen molar-refractivity contribution in [2.24, 2.45) is 0 Å². The summed E-state index contributed by atoms with van der Waals surface area (Å²) in [4.78, 5) is 24.2. The number of hydrogen-bond donors (Lipinski definition) is 0. The first-order valence-corrected chi connectivity index (χ1v) is 7.61. The van der Waals surface area contributed by atoms with Crippen LogP contribution >= 0.6 is 0 Å². The summed E-state index contributed by atoms with van der Waals surface area (Å²) in [6.07, 6.45) is 1.34. The van der Waals surface area contributed by atoms with E-state index >= 15 is 0 Å². The number of rotatable bonds is 8. The van der Waals surface area contributed by atoms with Crippen molar-refractivity contribution >= 4 is 11.9 Å². The van der Waals surface area contributed by atoms with Gasteiger partial charge in [-0.3, -0.25) is 0 Å². The first-order valence-electron chi connectivity index (χ1n) is 7.61. The molecule has 0 radical (unpaired) electrons. The van der Waals surface area contributed by atoms with Gasteiger partial charge in [-0.15, -0.1) is 0 Å². The van der Waals surface area contributed by atoms with Gasteiger partial charge in [-0.1, -0.05) is 13.8 Å². The minimum Gasteiger partial charge on any atom is -0.492 e. The topological polar surface area (TPSA) is 80.3 Å². The van der Waals surface area contributed by atoms with E-state index in [1.165, 1.54) is 34.5 Å². The molecule has 0 fully saturated rings. The molecule has 1 rings (SSSR count). The van der Waals surface area contributed by atoms with Crippen LogP contribution in [0.4, 0.5) is 0 Å². The van der Waals surface area contributed by atoms with E-state index in [-0.39, 0.29) is 34.5 Å². The quantitative estimate of drug-likeness (QED) is 0.673. The van der Waals surface area contributed by atoms with Gasteiger partial charge in [0.25, 0.3) is 0 Å². The Hall–Kier alpha value is -2.44. The first kappa shape index (κ1) is 19.6. The third kappa shape index (κ3) is 3.90. The maximum Gasteiger partial charge on any atom is 0.341 e. The van der Waals surface area contributed by atoms with Crippen LogP contribution in [0.2, 0.25) is 0 Å². The number of hydrogen-bond acceptors (Lipinski definition) is 7. The Balaban J connectivity index is 3.70. The second kappa shape index (κ2) is 9.00. The summed E-state index contributed by atoms with van der Waals surface area (Å²) >= 11 is 0. The van der Waals surface area contributed by atoms with E-state index in [4.69, 9.17) is 23.7 Å². The number of benzene rings is 1. The summed E-state index contributed by atoms with van der Waals surface area (Å²) in [5, 5.41) is 0. The second-order valence-electron chi connectivity index (χ2n) is 4.91. The van der Waals surface area contributed by atoms with Crippen LogP contribution in [0.25, 0.3) is 0 Å². The highest BCUT2D eigenvalue weighted by Crippen LogP contribution is 2.44. The molecule has 7 nitrogen and oxygen atoms in total. The average molecular weight is 340 g/mol. The molecule has 0 bridgehead atoms. The van der Waals surface area contributed by atoms with Crippen LogP contribution in [0.5, 0.6) is 17.2 Å². The van der Waals surface area contributed by atoms with E-state index in [1.807, 2.05) is 13.8 Å². The Kier molecular flexibility index (Phi) is 7.35. The van der Waals surface area contributed by atoms with Crippen molar-refractivity contribution in [1.29, 1.82) is 0 Å². The molecule has 0 aliphatic carbocycles. The van der Waals surface area contributed by atoms with Gasteiger partial charge in [-0.25, -0.2) is 9.59 Å². The third-order valence-corrected chi connectivity index (χ3v) is 3.60. The minimum atomic E-state index is -0.658. The van der Waals surface area contributed by atoms with Crippen molar-refractivity contribution < 1.29 is 33.3 Å². The maximum absolute atomic E-state index is 12.1. The number of esters is 2. The lowest BCUT2D eigenvalue weighted by Gasteiger charge is -2.22. The zero-order chi connectivity index (χ0) is 18.3. The van der Waals surface area contributed by atoms with Crippen molar-refractivity contribution in [2.45, 2.75) is 32.8 Å². The smallest absolute Gasteiger partial charge is 0.341 e. The van der Waals surface area contributed by atoms with Crippen LogP contribution < -0.4 is 14.2 Å². The van der Waals surface area contributed by atoms with Gasteiger partial charge in [0.1, 0.15) is 11.1 Å². The molecule has 0 heterocycles. The van der Waals surface area contributed by atoms with Gasteiger partial charge in [0.15, 0.2) is 11.5 Å². The molecular formula is C17H24O7. The Bertz CT molecular complexity index is 549. The second-order valence-corrected chi connectivity index (χ2v) is 4.91. The molecule has 0 N–H and O–H groups in total. The molecule has 0 unspecified atom stereocenters. The van der Waals surface area contributed by atoms with Crippen molar-refractivity contribution in [3.05, 3.63) is 17.2 Å². The lowest BCUT2D eigenvalue weighted by Crippen LogP contribution is -2.18. The zero-order valence-electron chi connectivity index (χ0n) is 14.9.